The van der Waals surface area contributed by atoms with Crippen molar-refractivity contribution in [2.45, 2.75) is 87.9 Å². The van der Waals surface area contributed by atoms with Gasteiger partial charge < -0.3 is 25.4 Å². The van der Waals surface area contributed by atoms with E-state index in [1.165, 1.54) is 12.8 Å². The molecule has 2 fully saturated rings. The van der Waals surface area contributed by atoms with Crippen molar-refractivity contribution in [2.24, 2.45) is 5.92 Å². The Hall–Kier alpha value is -2.87. The van der Waals surface area contributed by atoms with E-state index >= 15 is 0 Å². The predicted octanol–water partition coefficient (Wildman–Crippen LogP) is 6.34. The number of hydrogen-bond donors (Lipinski definition) is 3. The molecule has 2 atom stereocenters. The zero-order chi connectivity index (χ0) is 26.7. The number of fused-ring (bicyclic) bond motifs is 1. The zero-order valence-corrected chi connectivity index (χ0v) is 22.3. The number of benzene rings is 2. The van der Waals surface area contributed by atoms with Crippen molar-refractivity contribution >= 4 is 17.3 Å². The summed E-state index contributed by atoms with van der Waals surface area (Å²) in [4.78, 5) is 14.3. The topological polar surface area (TPSA) is 71.6 Å². The van der Waals surface area contributed by atoms with Gasteiger partial charge in [0.05, 0.1) is 18.5 Å². The molecule has 2 aliphatic carbocycles. The molecule has 1 aliphatic heterocycles. The molecule has 206 valence electrons. The molecule has 0 aromatic heterocycles. The summed E-state index contributed by atoms with van der Waals surface area (Å²) >= 11 is 0. The Morgan fingerprint density at radius 2 is 1.45 bits per heavy atom. The van der Waals surface area contributed by atoms with Gasteiger partial charge in [-0.15, -0.1) is 0 Å². The summed E-state index contributed by atoms with van der Waals surface area (Å²) in [7, 11) is 3.27. The fraction of sp³-hybridized carbons (Fsp3) is 0.567. The molecule has 0 radical (unpaired) electrons. The van der Waals surface area contributed by atoms with E-state index in [2.05, 4.69) is 16.0 Å². The minimum Gasteiger partial charge on any atom is -0.497 e. The summed E-state index contributed by atoms with van der Waals surface area (Å²) in [5.41, 5.74) is 0.453. The maximum absolute atomic E-state index is 14.4. The van der Waals surface area contributed by atoms with Crippen LogP contribution < -0.4 is 20.7 Å². The molecule has 1 heterocycles. The number of hydrogen-bond acceptors (Lipinski definition) is 5. The van der Waals surface area contributed by atoms with Crippen LogP contribution in [0.15, 0.2) is 36.4 Å². The molecule has 2 aromatic carbocycles. The smallest absolute Gasteiger partial charge is 0.232 e. The van der Waals surface area contributed by atoms with E-state index in [1.54, 1.807) is 14.2 Å². The first kappa shape index (κ1) is 26.7. The van der Waals surface area contributed by atoms with E-state index in [0.29, 0.717) is 17.1 Å². The zero-order valence-electron chi connectivity index (χ0n) is 22.3. The van der Waals surface area contributed by atoms with Crippen LogP contribution in [-0.2, 0) is 9.53 Å². The molecule has 38 heavy (non-hydrogen) atoms. The third-order valence-electron chi connectivity index (χ3n) is 8.64. The van der Waals surface area contributed by atoms with Crippen LogP contribution in [0.25, 0.3) is 0 Å². The third-order valence-corrected chi connectivity index (χ3v) is 8.64. The molecule has 5 rings (SSSR count). The van der Waals surface area contributed by atoms with Gasteiger partial charge in [0.25, 0.3) is 0 Å². The van der Waals surface area contributed by atoms with Crippen molar-refractivity contribution in [2.75, 3.05) is 24.9 Å². The fourth-order valence-corrected chi connectivity index (χ4v) is 6.82. The van der Waals surface area contributed by atoms with Crippen LogP contribution in [0.2, 0.25) is 0 Å². The lowest BCUT2D eigenvalue weighted by Gasteiger charge is -2.47. The van der Waals surface area contributed by atoms with Gasteiger partial charge in [0.1, 0.15) is 17.8 Å². The Morgan fingerprint density at radius 3 is 1.97 bits per heavy atom. The maximum atomic E-state index is 14.4. The largest absolute Gasteiger partial charge is 0.497 e. The number of anilines is 2. The van der Waals surface area contributed by atoms with Gasteiger partial charge in [0.15, 0.2) is 17.3 Å². The van der Waals surface area contributed by atoms with Gasteiger partial charge in [0.2, 0.25) is 5.91 Å². The van der Waals surface area contributed by atoms with E-state index in [-0.39, 0.29) is 17.9 Å². The second-order valence-corrected chi connectivity index (χ2v) is 11.0. The molecule has 8 heteroatoms. The summed E-state index contributed by atoms with van der Waals surface area (Å²) in [6.07, 6.45) is 10.1. The van der Waals surface area contributed by atoms with Crippen LogP contribution in [0.3, 0.4) is 0 Å². The Labute approximate surface area is 223 Å². The monoisotopic (exact) mass is 527 g/mol. The molecular formula is C30H39F2N3O3. The standard InChI is InChI=1S/C30H39F2N3O3/c1-37-22-15-13-19(14-16-22)27(29(36)33-21-11-7-4-8-12-21)30(28(38-2)20-9-5-3-6-10-20)34-25-17-23(31)24(32)18-26(25)35-30/h13-18,20-21,27-28,34-35H,3-12H2,1-2H3,(H,33,36). The van der Waals surface area contributed by atoms with Gasteiger partial charge in [-0.05, 0) is 49.3 Å². The number of ether oxygens (including phenoxy) is 2. The lowest BCUT2D eigenvalue weighted by atomic mass is 9.73. The van der Waals surface area contributed by atoms with Gasteiger partial charge in [-0.2, -0.15) is 0 Å². The highest BCUT2D eigenvalue weighted by Gasteiger charge is 2.56. The quantitative estimate of drug-likeness (QED) is 0.374. The van der Waals surface area contributed by atoms with E-state index in [0.717, 1.165) is 69.1 Å². The highest BCUT2D eigenvalue weighted by atomic mass is 19.2. The first-order valence-corrected chi connectivity index (χ1v) is 14.0. The van der Waals surface area contributed by atoms with Crippen molar-refractivity contribution in [3.63, 3.8) is 0 Å². The molecule has 0 spiro atoms. The Balaban J connectivity index is 1.62. The Morgan fingerprint density at radius 1 is 0.895 bits per heavy atom. The van der Waals surface area contributed by atoms with E-state index < -0.39 is 29.3 Å². The van der Waals surface area contributed by atoms with Crippen molar-refractivity contribution in [1.29, 1.82) is 0 Å². The fourth-order valence-electron chi connectivity index (χ4n) is 6.82. The summed E-state index contributed by atoms with van der Waals surface area (Å²) in [6, 6.07) is 9.90. The average Bonchev–Trinajstić information content (AvgIpc) is 3.29. The molecular weight excluding hydrogens is 488 g/mol. The van der Waals surface area contributed by atoms with Crippen molar-refractivity contribution in [3.05, 3.63) is 53.6 Å². The summed E-state index contributed by atoms with van der Waals surface area (Å²) in [5, 5.41) is 10.3. The average molecular weight is 528 g/mol. The molecule has 0 saturated heterocycles. The minimum absolute atomic E-state index is 0.100. The Kier molecular flexibility index (Phi) is 8.07. The first-order chi connectivity index (χ1) is 18.4. The van der Waals surface area contributed by atoms with Crippen LogP contribution in [-0.4, -0.2) is 37.9 Å². The number of methoxy groups -OCH3 is 2. The molecule has 2 aromatic rings. The molecule has 3 aliphatic rings. The number of amides is 1. The second-order valence-electron chi connectivity index (χ2n) is 11.0. The van der Waals surface area contributed by atoms with Crippen molar-refractivity contribution < 1.29 is 23.0 Å². The summed E-state index contributed by atoms with van der Waals surface area (Å²) in [5.74, 6) is -1.90. The molecule has 1 amide bonds. The molecule has 6 nitrogen and oxygen atoms in total. The highest BCUT2D eigenvalue weighted by Crippen LogP contribution is 2.48. The van der Waals surface area contributed by atoms with Gasteiger partial charge in [-0.1, -0.05) is 50.7 Å². The maximum Gasteiger partial charge on any atom is 0.232 e. The number of nitrogens with one attached hydrogen (secondary N) is 3. The summed E-state index contributed by atoms with van der Waals surface area (Å²) in [6.45, 7) is 0. The lowest BCUT2D eigenvalue weighted by molar-refractivity contribution is -0.126. The highest BCUT2D eigenvalue weighted by molar-refractivity contribution is 5.90. The van der Waals surface area contributed by atoms with E-state index in [9.17, 15) is 13.6 Å². The van der Waals surface area contributed by atoms with Crippen LogP contribution in [0, 0.1) is 17.6 Å². The van der Waals surface area contributed by atoms with E-state index in [1.807, 2.05) is 24.3 Å². The molecule has 2 unspecified atom stereocenters. The SMILES string of the molecule is COc1ccc(C(C(=O)NC2CCCCC2)C2(C(OC)C3CCCCC3)Nc3cc(F)c(F)cc3N2)cc1. The van der Waals surface area contributed by atoms with Crippen molar-refractivity contribution in [1.82, 2.24) is 5.32 Å². The number of carbonyl (C=O) groups excluding carboxylic acids is 1. The van der Waals surface area contributed by atoms with E-state index in [4.69, 9.17) is 9.47 Å². The minimum atomic E-state index is -1.16. The van der Waals surface area contributed by atoms with Gasteiger partial charge in [0, 0.05) is 25.3 Å². The predicted molar refractivity (Wildman–Crippen MR) is 144 cm³/mol. The second kappa shape index (κ2) is 11.5. The molecule has 2 saturated carbocycles. The molecule has 0 bridgehead atoms. The summed E-state index contributed by atoms with van der Waals surface area (Å²) < 4.78 is 40.4. The normalized spacial score (nSPS) is 21.1. The van der Waals surface area contributed by atoms with Crippen LogP contribution in [0.1, 0.15) is 75.7 Å². The number of rotatable bonds is 8. The third kappa shape index (κ3) is 5.20. The van der Waals surface area contributed by atoms with Crippen LogP contribution in [0.4, 0.5) is 20.2 Å². The van der Waals surface area contributed by atoms with Crippen molar-refractivity contribution in [3.8, 4) is 5.75 Å². The number of carbonyl (C=O) groups is 1. The van der Waals surface area contributed by atoms with Crippen LogP contribution in [0.5, 0.6) is 5.75 Å². The number of halogens is 2. The van der Waals surface area contributed by atoms with Crippen LogP contribution >= 0.6 is 0 Å². The lowest BCUT2D eigenvalue weighted by Crippen LogP contribution is -2.63. The van der Waals surface area contributed by atoms with Gasteiger partial charge in [-0.25, -0.2) is 8.78 Å². The molecule has 3 N–H and O–H groups in total. The van der Waals surface area contributed by atoms with Gasteiger partial charge in [-0.3, -0.25) is 4.79 Å². The Bertz CT molecular complexity index is 1080. The van der Waals surface area contributed by atoms with Gasteiger partial charge >= 0.3 is 0 Å². The first-order valence-electron chi connectivity index (χ1n) is 14.0.